The number of benzene rings is 1. The molecule has 1 aromatic carbocycles. The Morgan fingerprint density at radius 3 is 2.68 bits per heavy atom. The topological polar surface area (TPSA) is 15.3 Å². The molecule has 1 N–H and O–H groups in total. The van der Waals surface area contributed by atoms with E-state index in [0.29, 0.717) is 18.6 Å². The number of nitrogens with zero attached hydrogens (tertiary/aromatic N) is 1. The fourth-order valence-corrected chi connectivity index (χ4v) is 2.67. The maximum atomic E-state index is 13.6. The van der Waals surface area contributed by atoms with E-state index in [-0.39, 0.29) is 5.82 Å². The van der Waals surface area contributed by atoms with Crippen molar-refractivity contribution in [3.8, 4) is 0 Å². The molecule has 1 aromatic rings. The molecule has 0 radical (unpaired) electrons. The fourth-order valence-electron chi connectivity index (χ4n) is 2.67. The fraction of sp³-hybridized carbons (Fsp3) is 0.625. The van der Waals surface area contributed by atoms with Crippen LogP contribution >= 0.6 is 0 Å². The Hall–Kier alpha value is -0.930. The van der Waals surface area contributed by atoms with Gasteiger partial charge in [-0.2, -0.15) is 0 Å². The first-order valence-corrected chi connectivity index (χ1v) is 7.34. The quantitative estimate of drug-likeness (QED) is 0.849. The lowest BCUT2D eigenvalue weighted by Crippen LogP contribution is -2.40. The highest BCUT2D eigenvalue weighted by atomic mass is 19.1. The van der Waals surface area contributed by atoms with E-state index in [0.717, 1.165) is 12.1 Å². The van der Waals surface area contributed by atoms with E-state index in [1.165, 1.54) is 31.7 Å². The lowest BCUT2D eigenvalue weighted by atomic mass is 10.1. The molecule has 0 heterocycles. The van der Waals surface area contributed by atoms with Crippen molar-refractivity contribution in [1.29, 1.82) is 0 Å². The summed E-state index contributed by atoms with van der Waals surface area (Å²) in [5, 5.41) is 3.63. The maximum absolute atomic E-state index is 13.6. The van der Waals surface area contributed by atoms with Gasteiger partial charge < -0.3 is 5.32 Å². The standard InChI is InChI=1S/C16H25FN2/c1-13(11-18-15-8-4-5-9-15)19(2)12-14-7-3-6-10-16(14)17/h3,6-7,10,13,15,18H,4-5,8-9,11-12H2,1-2H3. The van der Waals surface area contributed by atoms with E-state index in [1.807, 2.05) is 12.1 Å². The van der Waals surface area contributed by atoms with Crippen LogP contribution < -0.4 is 5.32 Å². The largest absolute Gasteiger partial charge is 0.312 e. The van der Waals surface area contributed by atoms with Gasteiger partial charge in [0.2, 0.25) is 0 Å². The zero-order chi connectivity index (χ0) is 13.7. The molecule has 0 spiro atoms. The molecule has 19 heavy (non-hydrogen) atoms. The average molecular weight is 264 g/mol. The Kier molecular flexibility index (Phi) is 5.34. The molecular weight excluding hydrogens is 239 g/mol. The van der Waals surface area contributed by atoms with E-state index in [4.69, 9.17) is 0 Å². The van der Waals surface area contributed by atoms with Gasteiger partial charge in [-0.15, -0.1) is 0 Å². The predicted octanol–water partition coefficient (Wildman–Crippen LogP) is 3.18. The normalized spacial score (nSPS) is 18.1. The van der Waals surface area contributed by atoms with Gasteiger partial charge >= 0.3 is 0 Å². The third kappa shape index (κ3) is 4.29. The number of hydrogen-bond acceptors (Lipinski definition) is 2. The Balaban J connectivity index is 1.78. The smallest absolute Gasteiger partial charge is 0.127 e. The minimum Gasteiger partial charge on any atom is -0.312 e. The Labute approximate surface area is 116 Å². The van der Waals surface area contributed by atoms with E-state index in [2.05, 4.69) is 24.2 Å². The Morgan fingerprint density at radius 2 is 2.00 bits per heavy atom. The number of likely N-dealkylation sites (N-methyl/N-ethyl adjacent to an activating group) is 1. The van der Waals surface area contributed by atoms with Crippen LogP contribution in [-0.4, -0.2) is 30.6 Å². The molecule has 0 aliphatic heterocycles. The van der Waals surface area contributed by atoms with Gasteiger partial charge in [0.25, 0.3) is 0 Å². The van der Waals surface area contributed by atoms with Crippen molar-refractivity contribution in [3.63, 3.8) is 0 Å². The number of rotatable bonds is 6. The second-order valence-corrected chi connectivity index (χ2v) is 5.75. The Morgan fingerprint density at radius 1 is 1.32 bits per heavy atom. The van der Waals surface area contributed by atoms with Crippen molar-refractivity contribution in [2.75, 3.05) is 13.6 Å². The maximum Gasteiger partial charge on any atom is 0.127 e. The summed E-state index contributed by atoms with van der Waals surface area (Å²) >= 11 is 0. The van der Waals surface area contributed by atoms with Crippen molar-refractivity contribution in [2.24, 2.45) is 0 Å². The molecule has 0 bridgehead atoms. The summed E-state index contributed by atoms with van der Waals surface area (Å²) in [6, 6.07) is 8.15. The summed E-state index contributed by atoms with van der Waals surface area (Å²) in [6.07, 6.45) is 5.34. The van der Waals surface area contributed by atoms with E-state index in [9.17, 15) is 4.39 Å². The highest BCUT2D eigenvalue weighted by Crippen LogP contribution is 2.18. The second kappa shape index (κ2) is 7.01. The molecule has 1 saturated carbocycles. The molecule has 1 unspecified atom stereocenters. The third-order valence-electron chi connectivity index (χ3n) is 4.19. The number of hydrogen-bond donors (Lipinski definition) is 1. The van der Waals surface area contributed by atoms with Crippen LogP contribution in [0, 0.1) is 5.82 Å². The molecule has 1 atom stereocenters. The first kappa shape index (κ1) is 14.5. The van der Waals surface area contributed by atoms with Crippen molar-refractivity contribution in [1.82, 2.24) is 10.2 Å². The van der Waals surface area contributed by atoms with Crippen LogP contribution in [-0.2, 0) is 6.54 Å². The summed E-state index contributed by atoms with van der Waals surface area (Å²) in [5.41, 5.74) is 0.776. The first-order chi connectivity index (χ1) is 9.16. The van der Waals surface area contributed by atoms with Gasteiger partial charge in [-0.05, 0) is 32.9 Å². The van der Waals surface area contributed by atoms with Crippen LogP contribution in [0.1, 0.15) is 38.2 Å². The lowest BCUT2D eigenvalue weighted by molar-refractivity contribution is 0.234. The average Bonchev–Trinajstić information content (AvgIpc) is 2.91. The van der Waals surface area contributed by atoms with Crippen molar-refractivity contribution < 1.29 is 4.39 Å². The van der Waals surface area contributed by atoms with Gasteiger partial charge in [-0.3, -0.25) is 4.90 Å². The summed E-state index contributed by atoms with van der Waals surface area (Å²) < 4.78 is 13.6. The minimum atomic E-state index is -0.106. The summed E-state index contributed by atoms with van der Waals surface area (Å²) in [5.74, 6) is -0.106. The Bertz CT molecular complexity index is 388. The summed E-state index contributed by atoms with van der Waals surface area (Å²) in [4.78, 5) is 2.21. The van der Waals surface area contributed by atoms with Gasteiger partial charge in [0.1, 0.15) is 5.82 Å². The third-order valence-corrected chi connectivity index (χ3v) is 4.19. The lowest BCUT2D eigenvalue weighted by Gasteiger charge is -2.26. The van der Waals surface area contributed by atoms with Crippen molar-refractivity contribution >= 4 is 0 Å². The molecule has 1 aliphatic carbocycles. The molecule has 1 aliphatic rings. The monoisotopic (exact) mass is 264 g/mol. The molecule has 2 rings (SSSR count). The zero-order valence-electron chi connectivity index (χ0n) is 12.0. The van der Waals surface area contributed by atoms with Crippen LogP contribution in [0.5, 0.6) is 0 Å². The molecule has 0 amide bonds. The highest BCUT2D eigenvalue weighted by Gasteiger charge is 2.17. The van der Waals surface area contributed by atoms with Gasteiger partial charge in [-0.25, -0.2) is 4.39 Å². The van der Waals surface area contributed by atoms with Crippen LogP contribution in [0.2, 0.25) is 0 Å². The van der Waals surface area contributed by atoms with Crippen molar-refractivity contribution in [3.05, 3.63) is 35.6 Å². The summed E-state index contributed by atoms with van der Waals surface area (Å²) in [6.45, 7) is 3.85. The second-order valence-electron chi connectivity index (χ2n) is 5.75. The highest BCUT2D eigenvalue weighted by molar-refractivity contribution is 5.17. The van der Waals surface area contributed by atoms with Crippen LogP contribution in [0.15, 0.2) is 24.3 Å². The van der Waals surface area contributed by atoms with Crippen LogP contribution in [0.3, 0.4) is 0 Å². The van der Waals surface area contributed by atoms with E-state index < -0.39 is 0 Å². The van der Waals surface area contributed by atoms with Gasteiger partial charge in [0.15, 0.2) is 0 Å². The van der Waals surface area contributed by atoms with Gasteiger partial charge in [0.05, 0.1) is 0 Å². The first-order valence-electron chi connectivity index (χ1n) is 7.34. The molecule has 0 saturated heterocycles. The minimum absolute atomic E-state index is 0.106. The molecular formula is C16H25FN2. The van der Waals surface area contributed by atoms with Crippen LogP contribution in [0.4, 0.5) is 4.39 Å². The number of nitrogens with one attached hydrogen (secondary N) is 1. The SMILES string of the molecule is CC(CNC1CCCC1)N(C)Cc1ccccc1F. The number of halogens is 1. The molecule has 106 valence electrons. The van der Waals surface area contributed by atoms with E-state index in [1.54, 1.807) is 6.07 Å². The van der Waals surface area contributed by atoms with Gasteiger partial charge in [-0.1, -0.05) is 31.0 Å². The van der Waals surface area contributed by atoms with Crippen LogP contribution in [0.25, 0.3) is 0 Å². The van der Waals surface area contributed by atoms with E-state index >= 15 is 0 Å². The molecule has 2 nitrogen and oxygen atoms in total. The van der Waals surface area contributed by atoms with Crippen molar-refractivity contribution in [2.45, 2.75) is 51.2 Å². The summed E-state index contributed by atoms with van der Waals surface area (Å²) in [7, 11) is 2.06. The van der Waals surface area contributed by atoms with Gasteiger partial charge in [0, 0.05) is 30.7 Å². The molecule has 0 aromatic heterocycles. The molecule has 1 fully saturated rings. The zero-order valence-corrected chi connectivity index (χ0v) is 12.0. The molecule has 3 heteroatoms. The predicted molar refractivity (Wildman–Crippen MR) is 77.6 cm³/mol.